The van der Waals surface area contributed by atoms with E-state index in [9.17, 15) is 0 Å². The molecule has 0 amide bonds. The number of nitrogens with two attached hydrogens (primary N) is 1. The third-order valence-corrected chi connectivity index (χ3v) is 3.03. The molecule has 1 rings (SSSR count). The Morgan fingerprint density at radius 3 is 2.30 bits per heavy atom. The summed E-state index contributed by atoms with van der Waals surface area (Å²) < 4.78 is 0. The van der Waals surface area contributed by atoms with E-state index in [0.717, 1.165) is 31.2 Å². The van der Waals surface area contributed by atoms with Gasteiger partial charge in [0.15, 0.2) is 0 Å². The molecule has 0 radical (unpaired) electrons. The molecule has 0 aliphatic rings. The number of hydrogen-bond donors (Lipinski definition) is 2. The molecule has 1 aromatic carbocycles. The Kier molecular flexibility index (Phi) is 8.90. The summed E-state index contributed by atoms with van der Waals surface area (Å²) in [5.41, 5.74) is 6.57. The van der Waals surface area contributed by atoms with Crippen LogP contribution >= 0.6 is 0 Å². The number of allylic oxidation sites excluding steroid dienone is 3. The van der Waals surface area contributed by atoms with Crippen LogP contribution in [0.1, 0.15) is 37.2 Å². The SMILES string of the molecule is NCCC=CCCC=CCC(C=NO)c1ccccc1. The van der Waals surface area contributed by atoms with E-state index >= 15 is 0 Å². The first kappa shape index (κ1) is 16.2. The first-order valence-corrected chi connectivity index (χ1v) is 7.11. The van der Waals surface area contributed by atoms with E-state index in [1.165, 1.54) is 0 Å². The molecule has 1 aromatic rings. The van der Waals surface area contributed by atoms with Gasteiger partial charge in [-0.2, -0.15) is 0 Å². The second kappa shape index (κ2) is 11.0. The van der Waals surface area contributed by atoms with Crippen molar-refractivity contribution in [3.8, 4) is 0 Å². The monoisotopic (exact) mass is 272 g/mol. The summed E-state index contributed by atoms with van der Waals surface area (Å²) in [7, 11) is 0. The van der Waals surface area contributed by atoms with Crippen LogP contribution in [0.15, 0.2) is 59.8 Å². The summed E-state index contributed by atoms with van der Waals surface area (Å²) in [6, 6.07) is 10.1. The van der Waals surface area contributed by atoms with Gasteiger partial charge in [-0.15, -0.1) is 5.16 Å². The third-order valence-electron chi connectivity index (χ3n) is 3.03. The van der Waals surface area contributed by atoms with E-state index in [1.54, 1.807) is 6.21 Å². The lowest BCUT2D eigenvalue weighted by molar-refractivity contribution is 0.319. The van der Waals surface area contributed by atoms with Crippen LogP contribution in [0.3, 0.4) is 0 Å². The summed E-state index contributed by atoms with van der Waals surface area (Å²) >= 11 is 0. The Balaban J connectivity index is 2.36. The number of oxime groups is 1. The first-order valence-electron chi connectivity index (χ1n) is 7.11. The molecule has 3 heteroatoms. The molecule has 0 aliphatic carbocycles. The Morgan fingerprint density at radius 2 is 1.65 bits per heavy atom. The van der Waals surface area contributed by atoms with Crippen molar-refractivity contribution in [3.63, 3.8) is 0 Å². The maximum atomic E-state index is 8.75. The first-order chi connectivity index (χ1) is 9.88. The van der Waals surface area contributed by atoms with E-state index in [1.807, 2.05) is 18.2 Å². The minimum Gasteiger partial charge on any atom is -0.411 e. The summed E-state index contributed by atoms with van der Waals surface area (Å²) in [5.74, 6) is 0.130. The average molecular weight is 272 g/mol. The number of benzene rings is 1. The number of unbranched alkanes of at least 4 members (excludes halogenated alkanes) is 1. The van der Waals surface area contributed by atoms with Gasteiger partial charge in [-0.05, 0) is 37.8 Å². The van der Waals surface area contributed by atoms with Gasteiger partial charge < -0.3 is 10.9 Å². The average Bonchev–Trinajstić information content (AvgIpc) is 2.50. The molecule has 3 nitrogen and oxygen atoms in total. The molecule has 0 heterocycles. The predicted molar refractivity (Wildman–Crippen MR) is 85.3 cm³/mol. The molecule has 3 N–H and O–H groups in total. The molecule has 0 spiro atoms. The lowest BCUT2D eigenvalue weighted by Gasteiger charge is -2.08. The predicted octanol–water partition coefficient (Wildman–Crippen LogP) is 3.86. The van der Waals surface area contributed by atoms with Crippen molar-refractivity contribution in [1.82, 2.24) is 0 Å². The molecule has 1 atom stereocenters. The van der Waals surface area contributed by atoms with Crippen LogP contribution in [0.5, 0.6) is 0 Å². The van der Waals surface area contributed by atoms with Gasteiger partial charge in [-0.3, -0.25) is 0 Å². The van der Waals surface area contributed by atoms with Crippen LogP contribution in [-0.2, 0) is 0 Å². The fourth-order valence-corrected chi connectivity index (χ4v) is 1.95. The summed E-state index contributed by atoms with van der Waals surface area (Å²) in [4.78, 5) is 0. The number of rotatable bonds is 9. The highest BCUT2D eigenvalue weighted by molar-refractivity contribution is 5.67. The zero-order valence-electron chi connectivity index (χ0n) is 11.9. The lowest BCUT2D eigenvalue weighted by atomic mass is 9.96. The zero-order chi connectivity index (χ0) is 14.5. The molecule has 108 valence electrons. The van der Waals surface area contributed by atoms with Crippen molar-refractivity contribution in [2.24, 2.45) is 10.9 Å². The van der Waals surface area contributed by atoms with Gasteiger partial charge in [0, 0.05) is 5.92 Å². The van der Waals surface area contributed by atoms with E-state index in [2.05, 4.69) is 41.6 Å². The van der Waals surface area contributed by atoms with Crippen molar-refractivity contribution >= 4 is 6.21 Å². The standard InChI is InChI=1S/C17H24N2O/c18-14-10-5-3-1-2-4-7-13-17(15-19-20)16-11-8-6-9-12-16/h3-9,11-12,15,17,20H,1-2,10,13-14,18H2. The number of hydrogen-bond acceptors (Lipinski definition) is 3. The summed E-state index contributed by atoms with van der Waals surface area (Å²) in [6.45, 7) is 0.714. The minimum absolute atomic E-state index is 0.130. The van der Waals surface area contributed by atoms with E-state index in [4.69, 9.17) is 10.9 Å². The van der Waals surface area contributed by atoms with Crippen molar-refractivity contribution in [3.05, 3.63) is 60.2 Å². The molecular formula is C17H24N2O. The highest BCUT2D eigenvalue weighted by atomic mass is 16.4. The van der Waals surface area contributed by atoms with Gasteiger partial charge >= 0.3 is 0 Å². The van der Waals surface area contributed by atoms with Gasteiger partial charge in [0.25, 0.3) is 0 Å². The molecule has 20 heavy (non-hydrogen) atoms. The number of nitrogens with zero attached hydrogens (tertiary/aromatic N) is 1. The molecule has 0 saturated carbocycles. The second-order valence-corrected chi connectivity index (χ2v) is 4.61. The van der Waals surface area contributed by atoms with Crippen LogP contribution in [0.25, 0.3) is 0 Å². The van der Waals surface area contributed by atoms with Crippen molar-refractivity contribution < 1.29 is 5.21 Å². The maximum absolute atomic E-state index is 8.75. The fourth-order valence-electron chi connectivity index (χ4n) is 1.95. The van der Waals surface area contributed by atoms with Gasteiger partial charge in [-0.1, -0.05) is 54.6 Å². The molecule has 0 bridgehead atoms. The second-order valence-electron chi connectivity index (χ2n) is 4.61. The summed E-state index contributed by atoms with van der Waals surface area (Å²) in [6.07, 6.45) is 14.1. The lowest BCUT2D eigenvalue weighted by Crippen LogP contribution is -1.98. The molecule has 0 fully saturated rings. The smallest absolute Gasteiger partial charge is 0.0513 e. The Hall–Kier alpha value is -1.87. The van der Waals surface area contributed by atoms with E-state index in [-0.39, 0.29) is 5.92 Å². The van der Waals surface area contributed by atoms with Gasteiger partial charge in [0.1, 0.15) is 0 Å². The van der Waals surface area contributed by atoms with E-state index in [0.29, 0.717) is 6.54 Å². The minimum atomic E-state index is 0.130. The molecule has 0 aliphatic heterocycles. The normalized spacial score (nSPS) is 13.7. The molecule has 0 aromatic heterocycles. The highest BCUT2D eigenvalue weighted by Gasteiger charge is 2.06. The van der Waals surface area contributed by atoms with Gasteiger partial charge in [0.2, 0.25) is 0 Å². The van der Waals surface area contributed by atoms with Crippen LogP contribution in [0.4, 0.5) is 0 Å². The van der Waals surface area contributed by atoms with Crippen molar-refractivity contribution in [2.75, 3.05) is 6.54 Å². The van der Waals surface area contributed by atoms with Crippen LogP contribution in [-0.4, -0.2) is 18.0 Å². The largest absolute Gasteiger partial charge is 0.411 e. The molecule has 0 saturated heterocycles. The van der Waals surface area contributed by atoms with Crippen LogP contribution in [0, 0.1) is 0 Å². The van der Waals surface area contributed by atoms with Crippen molar-refractivity contribution in [2.45, 2.75) is 31.6 Å². The van der Waals surface area contributed by atoms with Crippen LogP contribution < -0.4 is 5.73 Å². The topological polar surface area (TPSA) is 58.6 Å². The Morgan fingerprint density at radius 1 is 1.00 bits per heavy atom. The summed E-state index contributed by atoms with van der Waals surface area (Å²) in [5, 5.41) is 11.9. The quantitative estimate of drug-likeness (QED) is 0.236. The third kappa shape index (κ3) is 6.90. The fraction of sp³-hybridized carbons (Fsp3) is 0.353. The zero-order valence-corrected chi connectivity index (χ0v) is 11.9. The van der Waals surface area contributed by atoms with Gasteiger partial charge in [-0.25, -0.2) is 0 Å². The molecular weight excluding hydrogens is 248 g/mol. The van der Waals surface area contributed by atoms with E-state index < -0.39 is 0 Å². The Bertz CT molecular complexity index is 424. The maximum Gasteiger partial charge on any atom is 0.0513 e. The molecule has 1 unspecified atom stereocenters. The van der Waals surface area contributed by atoms with Crippen molar-refractivity contribution in [1.29, 1.82) is 0 Å². The highest BCUT2D eigenvalue weighted by Crippen LogP contribution is 2.18. The Labute approximate surface area is 121 Å². The van der Waals surface area contributed by atoms with Crippen LogP contribution in [0.2, 0.25) is 0 Å². The van der Waals surface area contributed by atoms with Gasteiger partial charge in [0.05, 0.1) is 6.21 Å².